The lowest BCUT2D eigenvalue weighted by atomic mass is 10.0. The highest BCUT2D eigenvalue weighted by Gasteiger charge is 2.46. The summed E-state index contributed by atoms with van der Waals surface area (Å²) in [5, 5.41) is 0. The Balaban J connectivity index is 4.86. The second-order valence-corrected chi connectivity index (χ2v) is 5.34. The fourth-order valence-electron chi connectivity index (χ4n) is 0.791. The molecule has 0 radical (unpaired) electrons. The Morgan fingerprint density at radius 2 is 1.75 bits per heavy atom. The zero-order chi connectivity index (χ0) is 9.99. The van der Waals surface area contributed by atoms with Gasteiger partial charge >= 0.3 is 0 Å². The predicted molar refractivity (Wildman–Crippen MR) is 56.6 cm³/mol. The molecule has 0 aliphatic carbocycles. The molecule has 0 bridgehead atoms. The van der Waals surface area contributed by atoms with Crippen LogP contribution in [0.5, 0.6) is 0 Å². The van der Waals surface area contributed by atoms with Crippen LogP contribution in [0, 0.1) is 9.48 Å². The number of hydrogen-bond donors (Lipinski definition) is 4. The molecule has 0 heterocycles. The lowest BCUT2D eigenvalue weighted by molar-refractivity contribution is -0.0388. The van der Waals surface area contributed by atoms with Gasteiger partial charge < -0.3 is 10.5 Å². The minimum Gasteiger partial charge on any atom is -0.349 e. The number of nitrogens with two attached hydrogens (primary N) is 3. The first-order valence-corrected chi connectivity index (χ1v) is 5.71. The summed E-state index contributed by atoms with van der Waals surface area (Å²) in [6, 6.07) is 0. The Labute approximate surface area is 82.9 Å². The molecule has 0 saturated heterocycles. The molecule has 0 spiro atoms. The van der Waals surface area contributed by atoms with E-state index in [1.807, 2.05) is 13.8 Å². The van der Waals surface area contributed by atoms with Gasteiger partial charge in [0.15, 0.2) is 5.85 Å². The molecule has 12 heavy (non-hydrogen) atoms. The quantitative estimate of drug-likeness (QED) is 0.257. The first-order valence-electron chi connectivity index (χ1n) is 3.55. The number of halogens is 1. The van der Waals surface area contributed by atoms with Crippen LogP contribution >= 0.6 is 21.0 Å². The van der Waals surface area contributed by atoms with Gasteiger partial charge in [-0.25, -0.2) is 0 Å². The van der Waals surface area contributed by atoms with Gasteiger partial charge in [0.05, 0.1) is 0 Å². The van der Waals surface area contributed by atoms with Gasteiger partial charge in [0, 0.05) is 28.1 Å². The van der Waals surface area contributed by atoms with Crippen molar-refractivity contribution >= 4 is 21.0 Å². The molecule has 0 rings (SSSR count). The average Bonchev–Trinajstić information content (AvgIpc) is 2.02. The lowest BCUT2D eigenvalue weighted by Gasteiger charge is -2.40. The van der Waals surface area contributed by atoms with Gasteiger partial charge in [-0.05, 0) is 5.92 Å². The molecular formula is C6H17IN4O. The van der Waals surface area contributed by atoms with Crippen LogP contribution in [0.3, 0.4) is 0 Å². The van der Waals surface area contributed by atoms with Crippen molar-refractivity contribution in [1.82, 2.24) is 0 Å². The van der Waals surface area contributed by atoms with Crippen LogP contribution in [0.1, 0.15) is 13.8 Å². The van der Waals surface area contributed by atoms with Crippen LogP contribution < -0.4 is 17.2 Å². The molecule has 0 fully saturated rings. The van der Waals surface area contributed by atoms with E-state index in [0.29, 0.717) is 0 Å². The summed E-state index contributed by atoms with van der Waals surface area (Å²) < 4.78 is 11.4. The number of alkyl halides is 1. The van der Waals surface area contributed by atoms with E-state index in [-0.39, 0.29) is 5.92 Å². The maximum atomic E-state index is 7.39. The molecule has 0 aromatic heterocycles. The summed E-state index contributed by atoms with van der Waals surface area (Å²) in [6.07, 6.45) is 0. The zero-order valence-corrected chi connectivity index (χ0v) is 9.75. The van der Waals surface area contributed by atoms with Crippen molar-refractivity contribution in [2.75, 3.05) is 7.11 Å². The second kappa shape index (κ2) is 4.05. The Hall–Kier alpha value is 0.370. The van der Waals surface area contributed by atoms with E-state index in [4.69, 9.17) is 25.5 Å². The van der Waals surface area contributed by atoms with E-state index in [1.165, 1.54) is 7.11 Å². The van der Waals surface area contributed by atoms with Gasteiger partial charge in [0.25, 0.3) is 0 Å². The number of hydrogen-bond acceptors (Lipinski definition) is 5. The zero-order valence-electron chi connectivity index (χ0n) is 7.60. The first-order chi connectivity index (χ1) is 5.31. The molecule has 74 valence electrons. The van der Waals surface area contributed by atoms with Gasteiger partial charge in [0.1, 0.15) is 3.55 Å². The van der Waals surface area contributed by atoms with Gasteiger partial charge in [-0.1, -0.05) is 13.8 Å². The summed E-state index contributed by atoms with van der Waals surface area (Å²) in [5.41, 5.74) is 17.2. The number of ether oxygens (including phenoxy) is 1. The predicted octanol–water partition coefficient (Wildman–Crippen LogP) is 0.248. The SMILES string of the molecule is COC(N)(N)C(N)(I=N)C(C)C. The molecule has 7 N–H and O–H groups in total. The van der Waals surface area contributed by atoms with E-state index in [9.17, 15) is 0 Å². The van der Waals surface area contributed by atoms with Crippen molar-refractivity contribution in [2.24, 2.45) is 23.1 Å². The third-order valence-corrected chi connectivity index (χ3v) is 4.91. The lowest BCUT2D eigenvalue weighted by Crippen LogP contribution is -2.71. The third kappa shape index (κ3) is 1.99. The molecule has 0 amide bonds. The van der Waals surface area contributed by atoms with E-state index in [2.05, 4.69) is 0 Å². The molecule has 1 unspecified atom stereocenters. The first kappa shape index (κ1) is 12.4. The highest BCUT2D eigenvalue weighted by Crippen LogP contribution is 2.33. The molecule has 1 atom stereocenters. The monoisotopic (exact) mass is 288 g/mol. The van der Waals surface area contributed by atoms with Crippen LogP contribution in [-0.4, -0.2) is 16.5 Å². The van der Waals surface area contributed by atoms with Gasteiger partial charge in [-0.3, -0.25) is 15.0 Å². The summed E-state index contributed by atoms with van der Waals surface area (Å²) in [5.74, 6) is -1.35. The van der Waals surface area contributed by atoms with Crippen LogP contribution in [0.4, 0.5) is 0 Å². The van der Waals surface area contributed by atoms with Crippen molar-refractivity contribution in [3.8, 4) is 0 Å². The Bertz CT molecular complexity index is 173. The molecule has 5 nitrogen and oxygen atoms in total. The van der Waals surface area contributed by atoms with Gasteiger partial charge in [-0.2, -0.15) is 0 Å². The van der Waals surface area contributed by atoms with Crippen molar-refractivity contribution in [3.05, 3.63) is 0 Å². The molecule has 0 aromatic carbocycles. The number of rotatable bonds is 4. The number of nitrogens with one attached hydrogen (secondary N) is 1. The minimum atomic E-state index is -1.39. The molecule has 0 saturated carbocycles. The standard InChI is InChI=1S/C6H17IN4O/c1-4(2)5(8,7-11)6(9,10)12-3/h4,11H,8-10H2,1-3H3. The topological polar surface area (TPSA) is 111 Å². The van der Waals surface area contributed by atoms with Crippen molar-refractivity contribution < 1.29 is 4.74 Å². The van der Waals surface area contributed by atoms with Crippen LogP contribution in [0.2, 0.25) is 0 Å². The molecule has 6 heteroatoms. The Morgan fingerprint density at radius 1 is 1.33 bits per heavy atom. The summed E-state index contributed by atoms with van der Waals surface area (Å²) in [7, 11) is 1.41. The van der Waals surface area contributed by atoms with E-state index in [0.717, 1.165) is 0 Å². The van der Waals surface area contributed by atoms with Crippen molar-refractivity contribution in [3.63, 3.8) is 0 Å². The fourth-order valence-corrected chi connectivity index (χ4v) is 2.06. The molecule has 0 aromatic rings. The largest absolute Gasteiger partial charge is 0.349 e. The van der Waals surface area contributed by atoms with Crippen LogP contribution in [-0.2, 0) is 4.74 Å². The van der Waals surface area contributed by atoms with Crippen molar-refractivity contribution in [2.45, 2.75) is 23.2 Å². The highest BCUT2D eigenvalue weighted by atomic mass is 127. The normalized spacial score (nSPS) is 17.9. The summed E-state index contributed by atoms with van der Waals surface area (Å²) in [4.78, 5) is 0. The minimum absolute atomic E-state index is 0.0396. The number of methoxy groups -OCH3 is 1. The Morgan fingerprint density at radius 3 is 1.83 bits per heavy atom. The van der Waals surface area contributed by atoms with E-state index >= 15 is 0 Å². The third-order valence-electron chi connectivity index (χ3n) is 1.93. The maximum absolute atomic E-state index is 7.39. The average molecular weight is 288 g/mol. The van der Waals surface area contributed by atoms with E-state index < -0.39 is 30.4 Å². The summed E-state index contributed by atoms with van der Waals surface area (Å²) in [6.45, 7) is 3.78. The van der Waals surface area contributed by atoms with Crippen LogP contribution in [0.15, 0.2) is 0 Å². The maximum Gasteiger partial charge on any atom is 0.198 e. The van der Waals surface area contributed by atoms with Gasteiger partial charge in [0.2, 0.25) is 0 Å². The Kier molecular flexibility index (Phi) is 4.18. The summed E-state index contributed by atoms with van der Waals surface area (Å²) >= 11 is -1.03. The van der Waals surface area contributed by atoms with Crippen molar-refractivity contribution in [1.29, 1.82) is 3.56 Å². The fraction of sp³-hybridized carbons (Fsp3) is 1.00. The molecule has 0 aliphatic heterocycles. The van der Waals surface area contributed by atoms with E-state index in [1.54, 1.807) is 0 Å². The molecule has 0 aliphatic rings. The highest BCUT2D eigenvalue weighted by molar-refractivity contribution is 14.2. The van der Waals surface area contributed by atoms with Crippen LogP contribution in [0.25, 0.3) is 0 Å². The molecular weight excluding hydrogens is 271 g/mol. The smallest absolute Gasteiger partial charge is 0.198 e. The second-order valence-electron chi connectivity index (χ2n) is 3.01. The van der Waals surface area contributed by atoms with Gasteiger partial charge in [-0.15, -0.1) is 0 Å².